The van der Waals surface area contributed by atoms with Crippen LogP contribution in [0.4, 0.5) is 10.1 Å². The Morgan fingerprint density at radius 2 is 2.05 bits per heavy atom. The monoisotopic (exact) mass is 380 g/mol. The lowest BCUT2D eigenvalue weighted by Gasteiger charge is -2.07. The SMILES string of the molecule is Cc1[nH]c2c(C(=O)Nc3ccc(Br)cc3F)c(C)sc2c1C. The van der Waals surface area contributed by atoms with E-state index in [0.29, 0.717) is 10.0 Å². The number of halogens is 2. The van der Waals surface area contributed by atoms with Crippen LogP contribution in [0.1, 0.15) is 26.5 Å². The number of fused-ring (bicyclic) bond motifs is 1. The average molecular weight is 381 g/mol. The van der Waals surface area contributed by atoms with Gasteiger partial charge in [-0.15, -0.1) is 11.3 Å². The fourth-order valence-electron chi connectivity index (χ4n) is 2.43. The van der Waals surface area contributed by atoms with Crippen molar-refractivity contribution >= 4 is 49.1 Å². The van der Waals surface area contributed by atoms with E-state index < -0.39 is 5.82 Å². The molecule has 2 heterocycles. The summed E-state index contributed by atoms with van der Waals surface area (Å²) in [6.07, 6.45) is 0. The zero-order chi connectivity index (χ0) is 16.0. The number of thiophene rings is 1. The second kappa shape index (κ2) is 5.52. The van der Waals surface area contributed by atoms with Gasteiger partial charge in [-0.2, -0.15) is 0 Å². The van der Waals surface area contributed by atoms with Crippen LogP contribution in [0, 0.1) is 26.6 Å². The topological polar surface area (TPSA) is 44.9 Å². The highest BCUT2D eigenvalue weighted by Gasteiger charge is 2.21. The fraction of sp³-hybridized carbons (Fsp3) is 0.188. The molecule has 6 heteroatoms. The van der Waals surface area contributed by atoms with Gasteiger partial charge in [-0.1, -0.05) is 15.9 Å². The van der Waals surface area contributed by atoms with Crippen molar-refractivity contribution in [2.45, 2.75) is 20.8 Å². The average Bonchev–Trinajstić information content (AvgIpc) is 2.89. The van der Waals surface area contributed by atoms with Gasteiger partial charge in [0.15, 0.2) is 0 Å². The lowest BCUT2D eigenvalue weighted by molar-refractivity contribution is 0.102. The van der Waals surface area contributed by atoms with Gasteiger partial charge in [0, 0.05) is 15.0 Å². The smallest absolute Gasteiger partial charge is 0.259 e. The van der Waals surface area contributed by atoms with Crippen molar-refractivity contribution in [1.82, 2.24) is 4.98 Å². The second-order valence-electron chi connectivity index (χ2n) is 5.19. The number of aryl methyl sites for hydroxylation is 3. The van der Waals surface area contributed by atoms with Crippen molar-refractivity contribution in [2.24, 2.45) is 0 Å². The van der Waals surface area contributed by atoms with Gasteiger partial charge in [-0.05, 0) is 44.5 Å². The summed E-state index contributed by atoms with van der Waals surface area (Å²) in [5.41, 5.74) is 3.78. The van der Waals surface area contributed by atoms with E-state index >= 15 is 0 Å². The molecule has 0 atom stereocenters. The summed E-state index contributed by atoms with van der Waals surface area (Å²) < 4.78 is 15.6. The van der Waals surface area contributed by atoms with Crippen LogP contribution in [0.25, 0.3) is 10.2 Å². The summed E-state index contributed by atoms with van der Waals surface area (Å²) >= 11 is 4.78. The Morgan fingerprint density at radius 3 is 2.73 bits per heavy atom. The third-order valence-corrected chi connectivity index (χ3v) is 5.42. The number of aromatic amines is 1. The molecule has 22 heavy (non-hydrogen) atoms. The molecule has 0 spiro atoms. The van der Waals surface area contributed by atoms with E-state index in [1.165, 1.54) is 6.07 Å². The molecule has 0 saturated carbocycles. The van der Waals surface area contributed by atoms with Crippen LogP contribution in [0.2, 0.25) is 0 Å². The first-order valence-electron chi connectivity index (χ1n) is 6.73. The van der Waals surface area contributed by atoms with Gasteiger partial charge in [-0.3, -0.25) is 4.79 Å². The summed E-state index contributed by atoms with van der Waals surface area (Å²) in [6.45, 7) is 5.91. The number of anilines is 1. The highest BCUT2D eigenvalue weighted by atomic mass is 79.9. The molecule has 3 nitrogen and oxygen atoms in total. The molecule has 0 aliphatic carbocycles. The molecule has 0 aliphatic heterocycles. The molecule has 0 fully saturated rings. The van der Waals surface area contributed by atoms with E-state index in [2.05, 4.69) is 26.2 Å². The fourth-order valence-corrected chi connectivity index (χ4v) is 3.93. The van der Waals surface area contributed by atoms with E-state index in [-0.39, 0.29) is 11.6 Å². The molecule has 0 bridgehead atoms. The van der Waals surface area contributed by atoms with Crippen molar-refractivity contribution in [3.63, 3.8) is 0 Å². The van der Waals surface area contributed by atoms with Crippen molar-refractivity contribution < 1.29 is 9.18 Å². The first-order chi connectivity index (χ1) is 10.4. The first kappa shape index (κ1) is 15.2. The highest BCUT2D eigenvalue weighted by Crippen LogP contribution is 2.34. The first-order valence-corrected chi connectivity index (χ1v) is 8.34. The molecule has 2 N–H and O–H groups in total. The molecule has 1 amide bonds. The van der Waals surface area contributed by atoms with Crippen molar-refractivity contribution in [1.29, 1.82) is 0 Å². The van der Waals surface area contributed by atoms with Gasteiger partial charge in [-0.25, -0.2) is 4.39 Å². The molecule has 0 radical (unpaired) electrons. The van der Waals surface area contributed by atoms with Crippen LogP contribution in [0.15, 0.2) is 22.7 Å². The molecular formula is C16H14BrFN2OS. The van der Waals surface area contributed by atoms with E-state index in [9.17, 15) is 9.18 Å². The molecule has 1 aromatic carbocycles. The summed E-state index contributed by atoms with van der Waals surface area (Å²) in [7, 11) is 0. The Labute approximate surface area is 139 Å². The summed E-state index contributed by atoms with van der Waals surface area (Å²) in [5.74, 6) is -0.767. The molecular weight excluding hydrogens is 367 g/mol. The normalized spacial score (nSPS) is 11.1. The number of benzene rings is 1. The van der Waals surface area contributed by atoms with E-state index in [1.54, 1.807) is 23.5 Å². The van der Waals surface area contributed by atoms with Crippen LogP contribution in [-0.2, 0) is 0 Å². The van der Waals surface area contributed by atoms with Crippen molar-refractivity contribution in [3.05, 3.63) is 50.2 Å². The maximum atomic E-state index is 13.9. The van der Waals surface area contributed by atoms with Gasteiger partial charge < -0.3 is 10.3 Å². The predicted octanol–water partition coefficient (Wildman–Crippen LogP) is 5.31. The van der Waals surface area contributed by atoms with Gasteiger partial charge in [0.2, 0.25) is 0 Å². The zero-order valence-corrected chi connectivity index (χ0v) is 14.7. The number of amides is 1. The lowest BCUT2D eigenvalue weighted by atomic mass is 10.2. The van der Waals surface area contributed by atoms with E-state index in [1.807, 2.05) is 20.8 Å². The maximum absolute atomic E-state index is 13.9. The number of aromatic nitrogens is 1. The predicted molar refractivity (Wildman–Crippen MR) is 92.4 cm³/mol. The standard InChI is InChI=1S/C16H14BrFN2OS/c1-7-8(2)19-14-13(9(3)22-15(7)14)16(21)20-12-5-4-10(17)6-11(12)18/h4-6,19H,1-3H3,(H,20,21). The summed E-state index contributed by atoms with van der Waals surface area (Å²) in [4.78, 5) is 16.7. The third-order valence-electron chi connectivity index (χ3n) is 3.71. The van der Waals surface area contributed by atoms with Crippen LogP contribution in [-0.4, -0.2) is 10.9 Å². The van der Waals surface area contributed by atoms with Crippen LogP contribution in [0.5, 0.6) is 0 Å². The van der Waals surface area contributed by atoms with Crippen LogP contribution in [0.3, 0.4) is 0 Å². The number of H-pyrrole nitrogens is 1. The molecule has 0 unspecified atom stereocenters. The van der Waals surface area contributed by atoms with Crippen molar-refractivity contribution in [2.75, 3.05) is 5.32 Å². The Bertz CT molecular complexity index is 897. The quantitative estimate of drug-likeness (QED) is 0.621. The number of rotatable bonds is 2. The summed E-state index contributed by atoms with van der Waals surface area (Å²) in [6, 6.07) is 4.56. The molecule has 0 saturated heterocycles. The molecule has 114 valence electrons. The van der Waals surface area contributed by atoms with E-state index in [4.69, 9.17) is 0 Å². The highest BCUT2D eigenvalue weighted by molar-refractivity contribution is 9.10. The van der Waals surface area contributed by atoms with Gasteiger partial charge >= 0.3 is 0 Å². The van der Waals surface area contributed by atoms with E-state index in [0.717, 1.165) is 26.4 Å². The maximum Gasteiger partial charge on any atom is 0.259 e. The second-order valence-corrected chi connectivity index (χ2v) is 7.33. The Balaban J connectivity index is 2.02. The largest absolute Gasteiger partial charge is 0.357 e. The van der Waals surface area contributed by atoms with Gasteiger partial charge in [0.1, 0.15) is 5.82 Å². The Morgan fingerprint density at radius 1 is 1.32 bits per heavy atom. The van der Waals surface area contributed by atoms with Gasteiger partial charge in [0.25, 0.3) is 5.91 Å². The van der Waals surface area contributed by atoms with Crippen LogP contribution >= 0.6 is 27.3 Å². The Hall–Kier alpha value is -1.66. The minimum absolute atomic E-state index is 0.173. The number of nitrogens with one attached hydrogen (secondary N) is 2. The molecule has 3 rings (SSSR count). The minimum atomic E-state index is -0.467. The number of carbonyl (C=O) groups is 1. The van der Waals surface area contributed by atoms with Crippen LogP contribution < -0.4 is 5.32 Å². The van der Waals surface area contributed by atoms with Gasteiger partial charge in [0.05, 0.1) is 21.5 Å². The molecule has 2 aromatic heterocycles. The lowest BCUT2D eigenvalue weighted by Crippen LogP contribution is -2.13. The summed E-state index contributed by atoms with van der Waals surface area (Å²) in [5, 5.41) is 2.65. The number of hydrogen-bond acceptors (Lipinski definition) is 2. The molecule has 3 aromatic rings. The third kappa shape index (κ3) is 2.46. The minimum Gasteiger partial charge on any atom is -0.357 e. The molecule has 0 aliphatic rings. The zero-order valence-electron chi connectivity index (χ0n) is 12.3. The van der Waals surface area contributed by atoms with Crippen molar-refractivity contribution in [3.8, 4) is 0 Å². The number of hydrogen-bond donors (Lipinski definition) is 2. The number of carbonyl (C=O) groups excluding carboxylic acids is 1. The Kier molecular flexibility index (Phi) is 3.82.